The van der Waals surface area contributed by atoms with Gasteiger partial charge >= 0.3 is 5.97 Å². The summed E-state index contributed by atoms with van der Waals surface area (Å²) in [5, 5.41) is 12.2. The second kappa shape index (κ2) is 9.73. The van der Waals surface area contributed by atoms with Gasteiger partial charge in [-0.3, -0.25) is 19.2 Å². The summed E-state index contributed by atoms with van der Waals surface area (Å²) in [5.74, 6) is -5.27. The Hall–Kier alpha value is -4.21. The second-order valence-corrected chi connectivity index (χ2v) is 6.54. The Bertz CT molecular complexity index is 1210. The van der Waals surface area contributed by atoms with Gasteiger partial charge in [0.15, 0.2) is 11.5 Å². The first kappa shape index (κ1) is 22.5. The SMILES string of the molecule is CCOC(=O)CNC(=O)c1cc(=O)c(O)c(C(=O)c2ccc(Cc3ccc(F)cc3)o2)o1. The normalized spacial score (nSPS) is 10.6. The van der Waals surface area contributed by atoms with Crippen molar-refractivity contribution in [3.8, 4) is 5.75 Å². The lowest BCUT2D eigenvalue weighted by molar-refractivity contribution is -0.141. The number of carbonyl (C=O) groups excluding carboxylic acids is 3. The van der Waals surface area contributed by atoms with Crippen molar-refractivity contribution >= 4 is 17.7 Å². The third-order valence-corrected chi connectivity index (χ3v) is 4.23. The first-order valence-corrected chi connectivity index (χ1v) is 9.47. The number of hydrogen-bond donors (Lipinski definition) is 2. The lowest BCUT2D eigenvalue weighted by Gasteiger charge is -2.06. The molecule has 0 saturated carbocycles. The largest absolute Gasteiger partial charge is 0.501 e. The molecule has 0 aliphatic heterocycles. The number of ether oxygens (including phenoxy) is 1. The lowest BCUT2D eigenvalue weighted by Crippen LogP contribution is -2.31. The third kappa shape index (κ3) is 5.28. The van der Waals surface area contributed by atoms with E-state index in [0.29, 0.717) is 11.8 Å². The van der Waals surface area contributed by atoms with Gasteiger partial charge < -0.3 is 24.0 Å². The van der Waals surface area contributed by atoms with E-state index in [4.69, 9.17) is 8.83 Å². The zero-order chi connectivity index (χ0) is 23.3. The Morgan fingerprint density at radius 1 is 1.06 bits per heavy atom. The van der Waals surface area contributed by atoms with Crippen molar-refractivity contribution < 1.29 is 37.5 Å². The Labute approximate surface area is 180 Å². The molecule has 166 valence electrons. The molecule has 2 heterocycles. The number of esters is 1. The predicted octanol–water partition coefficient (Wildman–Crippen LogP) is 2.19. The highest BCUT2D eigenvalue weighted by Crippen LogP contribution is 2.21. The monoisotopic (exact) mass is 443 g/mol. The van der Waals surface area contributed by atoms with Gasteiger partial charge in [0.25, 0.3) is 11.7 Å². The summed E-state index contributed by atoms with van der Waals surface area (Å²) in [5.41, 5.74) is -0.298. The summed E-state index contributed by atoms with van der Waals surface area (Å²) in [6.07, 6.45) is 0.264. The van der Waals surface area contributed by atoms with Crippen LogP contribution in [0, 0.1) is 5.82 Å². The molecule has 32 heavy (non-hydrogen) atoms. The minimum atomic E-state index is -1.03. The van der Waals surface area contributed by atoms with E-state index in [2.05, 4.69) is 10.1 Å². The van der Waals surface area contributed by atoms with Crippen LogP contribution in [0.25, 0.3) is 0 Å². The number of furan rings is 1. The quantitative estimate of drug-likeness (QED) is 0.399. The first-order chi connectivity index (χ1) is 15.3. The molecule has 2 aromatic heterocycles. The smallest absolute Gasteiger partial charge is 0.325 e. The molecule has 0 radical (unpaired) electrons. The summed E-state index contributed by atoms with van der Waals surface area (Å²) >= 11 is 0. The maximum Gasteiger partial charge on any atom is 0.325 e. The molecule has 10 heteroatoms. The van der Waals surface area contributed by atoms with Crippen LogP contribution in [0.5, 0.6) is 5.75 Å². The van der Waals surface area contributed by atoms with Gasteiger partial charge in [-0.25, -0.2) is 4.39 Å². The van der Waals surface area contributed by atoms with Gasteiger partial charge in [-0.2, -0.15) is 0 Å². The predicted molar refractivity (Wildman–Crippen MR) is 107 cm³/mol. The molecule has 0 spiro atoms. The first-order valence-electron chi connectivity index (χ1n) is 9.47. The minimum Gasteiger partial charge on any atom is -0.501 e. The lowest BCUT2D eigenvalue weighted by atomic mass is 10.1. The van der Waals surface area contributed by atoms with Crippen molar-refractivity contribution in [2.45, 2.75) is 13.3 Å². The van der Waals surface area contributed by atoms with Crippen LogP contribution in [0.2, 0.25) is 0 Å². The van der Waals surface area contributed by atoms with Gasteiger partial charge in [0, 0.05) is 12.5 Å². The number of amides is 1. The van der Waals surface area contributed by atoms with Crippen LogP contribution in [-0.2, 0) is 16.0 Å². The topological polar surface area (TPSA) is 136 Å². The molecular formula is C22H18FNO8. The molecule has 0 unspecified atom stereocenters. The molecule has 1 amide bonds. The molecule has 2 N–H and O–H groups in total. The van der Waals surface area contributed by atoms with Crippen LogP contribution in [0.1, 0.15) is 45.1 Å². The minimum absolute atomic E-state index is 0.119. The number of aromatic hydroxyl groups is 1. The Balaban J connectivity index is 1.79. The van der Waals surface area contributed by atoms with Crippen molar-refractivity contribution in [3.63, 3.8) is 0 Å². The number of hydrogen-bond acceptors (Lipinski definition) is 8. The summed E-state index contributed by atoms with van der Waals surface area (Å²) in [4.78, 5) is 48.3. The van der Waals surface area contributed by atoms with Gasteiger partial charge in [-0.1, -0.05) is 12.1 Å². The Morgan fingerprint density at radius 2 is 1.78 bits per heavy atom. The Morgan fingerprint density at radius 3 is 2.47 bits per heavy atom. The molecule has 3 aromatic rings. The third-order valence-electron chi connectivity index (χ3n) is 4.23. The maximum absolute atomic E-state index is 13.0. The highest BCUT2D eigenvalue weighted by molar-refractivity contribution is 6.07. The zero-order valence-corrected chi connectivity index (χ0v) is 16.8. The molecule has 1 aromatic carbocycles. The standard InChI is InChI=1S/C22H18FNO8/c1-2-30-18(26)11-24-22(29)17-10-15(25)19(27)21(32-17)20(28)16-8-7-14(31-16)9-12-3-5-13(23)6-4-12/h3-8,10,27H,2,9,11H2,1H3,(H,24,29). The number of ketones is 1. The van der Waals surface area contributed by atoms with E-state index < -0.39 is 46.9 Å². The number of carbonyl (C=O) groups is 3. The summed E-state index contributed by atoms with van der Waals surface area (Å²) in [6.45, 7) is 1.23. The molecule has 0 aliphatic rings. The number of rotatable bonds is 8. The molecule has 0 saturated heterocycles. The van der Waals surface area contributed by atoms with Crippen LogP contribution in [-0.4, -0.2) is 35.9 Å². The average molecular weight is 443 g/mol. The molecular weight excluding hydrogens is 425 g/mol. The van der Waals surface area contributed by atoms with Crippen molar-refractivity contribution in [3.05, 3.63) is 87.1 Å². The fourth-order valence-electron chi connectivity index (χ4n) is 2.71. The van der Waals surface area contributed by atoms with Gasteiger partial charge in [0.1, 0.15) is 18.1 Å². The van der Waals surface area contributed by atoms with Gasteiger partial charge in [-0.15, -0.1) is 0 Å². The van der Waals surface area contributed by atoms with Gasteiger partial charge in [0.2, 0.25) is 16.9 Å². The molecule has 3 rings (SSSR count). The highest BCUT2D eigenvalue weighted by atomic mass is 19.1. The maximum atomic E-state index is 13.0. The molecule has 0 fully saturated rings. The van der Waals surface area contributed by atoms with E-state index in [-0.39, 0.29) is 24.6 Å². The molecule has 0 aliphatic carbocycles. The molecule has 0 atom stereocenters. The Kier molecular flexibility index (Phi) is 6.83. The van der Waals surface area contributed by atoms with E-state index in [9.17, 15) is 28.7 Å². The zero-order valence-electron chi connectivity index (χ0n) is 16.8. The summed E-state index contributed by atoms with van der Waals surface area (Å²) in [7, 11) is 0. The van der Waals surface area contributed by atoms with Crippen molar-refractivity contribution in [1.82, 2.24) is 5.32 Å². The van der Waals surface area contributed by atoms with Crippen LogP contribution < -0.4 is 10.7 Å². The highest BCUT2D eigenvalue weighted by Gasteiger charge is 2.25. The van der Waals surface area contributed by atoms with E-state index in [1.807, 2.05) is 0 Å². The van der Waals surface area contributed by atoms with Crippen LogP contribution in [0.15, 0.2) is 56.1 Å². The summed E-state index contributed by atoms with van der Waals surface area (Å²) < 4.78 is 28.3. The van der Waals surface area contributed by atoms with Crippen LogP contribution >= 0.6 is 0 Å². The summed E-state index contributed by atoms with van der Waals surface area (Å²) in [6, 6.07) is 9.20. The van der Waals surface area contributed by atoms with Crippen LogP contribution in [0.4, 0.5) is 4.39 Å². The fourth-order valence-corrected chi connectivity index (χ4v) is 2.71. The van der Waals surface area contributed by atoms with Crippen molar-refractivity contribution in [1.29, 1.82) is 0 Å². The van der Waals surface area contributed by atoms with Crippen LogP contribution in [0.3, 0.4) is 0 Å². The fraction of sp³-hybridized carbons (Fsp3) is 0.182. The average Bonchev–Trinajstić information content (AvgIpc) is 3.23. The van der Waals surface area contributed by atoms with Gasteiger partial charge in [0.05, 0.1) is 6.61 Å². The van der Waals surface area contributed by atoms with E-state index in [0.717, 1.165) is 5.56 Å². The van der Waals surface area contributed by atoms with E-state index in [1.165, 1.54) is 24.3 Å². The molecule has 9 nitrogen and oxygen atoms in total. The van der Waals surface area contributed by atoms with Crippen molar-refractivity contribution in [2.75, 3.05) is 13.2 Å². The van der Waals surface area contributed by atoms with E-state index in [1.54, 1.807) is 19.1 Å². The van der Waals surface area contributed by atoms with Gasteiger partial charge in [-0.05, 0) is 36.8 Å². The number of halogens is 1. The number of nitrogens with one attached hydrogen (secondary N) is 1. The van der Waals surface area contributed by atoms with Crippen molar-refractivity contribution in [2.24, 2.45) is 0 Å². The van der Waals surface area contributed by atoms with E-state index >= 15 is 0 Å². The number of benzene rings is 1. The second-order valence-electron chi connectivity index (χ2n) is 6.54. The molecule has 0 bridgehead atoms.